The number of hydrogen-bond acceptors (Lipinski definition) is 4. The van der Waals surface area contributed by atoms with Crippen LogP contribution in [0.2, 0.25) is 0 Å². The van der Waals surface area contributed by atoms with E-state index < -0.39 is 6.04 Å². The fourth-order valence-corrected chi connectivity index (χ4v) is 4.56. The molecule has 5 nitrogen and oxygen atoms in total. The molecule has 0 aliphatic carbocycles. The fraction of sp³-hybridized carbons (Fsp3) is 0.438. The monoisotopic (exact) mass is 318 g/mol. The van der Waals surface area contributed by atoms with Crippen LogP contribution in [-0.4, -0.2) is 39.2 Å². The molecule has 2 heterocycles. The highest BCUT2D eigenvalue weighted by molar-refractivity contribution is 8.01. The summed E-state index contributed by atoms with van der Waals surface area (Å²) < 4.78 is 0. The molecule has 2 amide bonds. The third-order valence-electron chi connectivity index (χ3n) is 4.31. The summed E-state index contributed by atoms with van der Waals surface area (Å²) in [5.74, 6) is 0.308. The molecule has 1 aromatic rings. The lowest BCUT2D eigenvalue weighted by molar-refractivity contribution is -0.135. The lowest BCUT2D eigenvalue weighted by atomic mass is 10.1. The minimum Gasteiger partial charge on any atom is -0.324 e. The van der Waals surface area contributed by atoms with Gasteiger partial charge in [-0.15, -0.1) is 11.8 Å². The number of para-hydroxylation sites is 1. The van der Waals surface area contributed by atoms with Gasteiger partial charge in [-0.3, -0.25) is 14.4 Å². The number of nitrogens with zero attached hydrogens (tertiary/aromatic N) is 1. The maximum absolute atomic E-state index is 12.6. The molecule has 1 N–H and O–H groups in total. The maximum Gasteiger partial charge on any atom is 0.248 e. The molecule has 3 rings (SSSR count). The molecule has 0 aromatic heterocycles. The summed E-state index contributed by atoms with van der Waals surface area (Å²) in [7, 11) is 0. The molecule has 0 spiro atoms. The molecule has 0 bridgehead atoms. The van der Waals surface area contributed by atoms with E-state index in [1.54, 1.807) is 40.9 Å². The average Bonchev–Trinajstić information content (AvgIpc) is 2.96. The average molecular weight is 318 g/mol. The van der Waals surface area contributed by atoms with Gasteiger partial charge in [0.25, 0.3) is 0 Å². The number of thioether (sulfide) groups is 1. The van der Waals surface area contributed by atoms with E-state index in [0.29, 0.717) is 23.4 Å². The van der Waals surface area contributed by atoms with Crippen molar-refractivity contribution in [2.75, 3.05) is 11.1 Å². The molecule has 0 saturated carbocycles. The Kier molecular flexibility index (Phi) is 3.72. The summed E-state index contributed by atoms with van der Waals surface area (Å²) in [5.41, 5.74) is 0.988. The van der Waals surface area contributed by atoms with Crippen LogP contribution >= 0.6 is 11.8 Å². The van der Waals surface area contributed by atoms with Crippen molar-refractivity contribution in [2.24, 2.45) is 0 Å². The van der Waals surface area contributed by atoms with Crippen LogP contribution < -0.4 is 5.32 Å². The molecule has 2 aliphatic heterocycles. The Morgan fingerprint density at radius 3 is 2.82 bits per heavy atom. The van der Waals surface area contributed by atoms with Gasteiger partial charge >= 0.3 is 0 Å². The van der Waals surface area contributed by atoms with E-state index in [4.69, 9.17) is 0 Å². The van der Waals surface area contributed by atoms with Crippen LogP contribution in [0.25, 0.3) is 0 Å². The van der Waals surface area contributed by atoms with Gasteiger partial charge in [-0.05, 0) is 32.4 Å². The number of carbonyl (C=O) groups excluding carboxylic acids is 3. The topological polar surface area (TPSA) is 66.5 Å². The Hall–Kier alpha value is -1.82. The summed E-state index contributed by atoms with van der Waals surface area (Å²) in [5, 5.41) is 2.82. The molecule has 1 aromatic carbocycles. The minimum atomic E-state index is -0.468. The van der Waals surface area contributed by atoms with Crippen LogP contribution in [0.1, 0.15) is 37.0 Å². The zero-order valence-corrected chi connectivity index (χ0v) is 13.4. The molecule has 2 atom stereocenters. The fourth-order valence-electron chi connectivity index (χ4n) is 3.13. The first kappa shape index (κ1) is 15.1. The largest absolute Gasteiger partial charge is 0.324 e. The third-order valence-corrected chi connectivity index (χ3v) is 5.82. The summed E-state index contributed by atoms with van der Waals surface area (Å²) >= 11 is 1.65. The number of benzene rings is 1. The van der Waals surface area contributed by atoms with Gasteiger partial charge in [-0.1, -0.05) is 12.1 Å². The second-order valence-electron chi connectivity index (χ2n) is 5.86. The zero-order chi connectivity index (χ0) is 15.9. The molecule has 2 aliphatic rings. The van der Waals surface area contributed by atoms with Crippen LogP contribution in [0.3, 0.4) is 0 Å². The first-order chi connectivity index (χ1) is 10.4. The summed E-state index contributed by atoms with van der Waals surface area (Å²) in [6, 6.07) is 6.47. The van der Waals surface area contributed by atoms with Crippen LogP contribution in [0.4, 0.5) is 5.69 Å². The molecule has 6 heteroatoms. The van der Waals surface area contributed by atoms with Crippen molar-refractivity contribution in [3.63, 3.8) is 0 Å². The molecular weight excluding hydrogens is 300 g/mol. The van der Waals surface area contributed by atoms with Crippen LogP contribution in [0.5, 0.6) is 0 Å². The van der Waals surface area contributed by atoms with Gasteiger partial charge in [-0.2, -0.15) is 0 Å². The van der Waals surface area contributed by atoms with Crippen molar-refractivity contribution in [1.29, 1.82) is 0 Å². The highest BCUT2D eigenvalue weighted by Crippen LogP contribution is 2.47. The van der Waals surface area contributed by atoms with Gasteiger partial charge in [0.15, 0.2) is 5.78 Å². The number of Topliss-reactive ketones (excluding diaryl/α,β-unsaturated/α-hetero) is 1. The van der Waals surface area contributed by atoms with E-state index >= 15 is 0 Å². The Labute approximate surface area is 133 Å². The smallest absolute Gasteiger partial charge is 0.248 e. The number of ketones is 1. The van der Waals surface area contributed by atoms with Gasteiger partial charge in [0.1, 0.15) is 6.04 Å². The predicted molar refractivity (Wildman–Crippen MR) is 85.8 cm³/mol. The highest BCUT2D eigenvalue weighted by Gasteiger charge is 2.52. The third kappa shape index (κ3) is 2.41. The van der Waals surface area contributed by atoms with Crippen LogP contribution in [-0.2, 0) is 9.59 Å². The quantitative estimate of drug-likeness (QED) is 0.868. The number of carbonyl (C=O) groups is 3. The van der Waals surface area contributed by atoms with Gasteiger partial charge in [-0.25, -0.2) is 0 Å². The van der Waals surface area contributed by atoms with Gasteiger partial charge in [0, 0.05) is 17.7 Å². The van der Waals surface area contributed by atoms with Crippen molar-refractivity contribution in [2.45, 2.75) is 37.6 Å². The number of rotatable bonds is 3. The number of anilines is 1. The zero-order valence-electron chi connectivity index (χ0n) is 12.6. The van der Waals surface area contributed by atoms with Gasteiger partial charge in [0.05, 0.1) is 10.6 Å². The van der Waals surface area contributed by atoms with E-state index in [1.165, 1.54) is 6.92 Å². The number of nitrogens with one attached hydrogen (secondary N) is 1. The maximum atomic E-state index is 12.6. The van der Waals surface area contributed by atoms with E-state index in [9.17, 15) is 14.4 Å². The van der Waals surface area contributed by atoms with Crippen molar-refractivity contribution >= 4 is 35.0 Å². The minimum absolute atomic E-state index is 0.0347. The normalized spacial score (nSPS) is 26.9. The lowest BCUT2D eigenvalue weighted by Crippen LogP contribution is -2.48. The Morgan fingerprint density at radius 1 is 1.36 bits per heavy atom. The van der Waals surface area contributed by atoms with Gasteiger partial charge in [0.2, 0.25) is 11.8 Å². The molecule has 2 fully saturated rings. The van der Waals surface area contributed by atoms with E-state index in [0.717, 1.165) is 6.42 Å². The molecule has 2 unspecified atom stereocenters. The summed E-state index contributed by atoms with van der Waals surface area (Å²) in [4.78, 5) is 37.8. The number of amides is 2. The van der Waals surface area contributed by atoms with E-state index in [-0.39, 0.29) is 22.5 Å². The Morgan fingerprint density at radius 2 is 2.09 bits per heavy atom. The lowest BCUT2D eigenvalue weighted by Gasteiger charge is -2.30. The van der Waals surface area contributed by atoms with Crippen LogP contribution in [0.15, 0.2) is 24.3 Å². The first-order valence-corrected chi connectivity index (χ1v) is 8.28. The molecule has 0 radical (unpaired) electrons. The summed E-state index contributed by atoms with van der Waals surface area (Å²) in [6.07, 6.45) is 1.28. The second-order valence-corrected chi connectivity index (χ2v) is 7.36. The second kappa shape index (κ2) is 5.43. The van der Waals surface area contributed by atoms with Crippen molar-refractivity contribution < 1.29 is 14.4 Å². The number of fused-ring (bicyclic) bond motifs is 1. The molecular formula is C16H18N2O3S. The Balaban J connectivity index is 1.81. The molecule has 22 heavy (non-hydrogen) atoms. The first-order valence-electron chi connectivity index (χ1n) is 7.29. The highest BCUT2D eigenvalue weighted by atomic mass is 32.2. The van der Waals surface area contributed by atoms with Crippen molar-refractivity contribution in [3.05, 3.63) is 29.8 Å². The Bertz CT molecular complexity index is 661. The van der Waals surface area contributed by atoms with Crippen molar-refractivity contribution in [3.8, 4) is 0 Å². The SMILES string of the molecule is CC(=O)c1ccccc1NC(=O)C1CSC2(C)CCC(=O)N12. The van der Waals surface area contributed by atoms with Crippen molar-refractivity contribution in [1.82, 2.24) is 4.90 Å². The van der Waals surface area contributed by atoms with E-state index in [2.05, 4.69) is 5.32 Å². The molecule has 116 valence electrons. The van der Waals surface area contributed by atoms with Gasteiger partial charge < -0.3 is 10.2 Å². The number of hydrogen-bond donors (Lipinski definition) is 1. The van der Waals surface area contributed by atoms with Crippen LogP contribution in [0, 0.1) is 0 Å². The standard InChI is InChI=1S/C16H18N2O3S/c1-10(19)11-5-3-4-6-12(11)17-15(21)13-9-22-16(2)8-7-14(20)18(13)16/h3-6,13H,7-9H2,1-2H3,(H,17,21). The predicted octanol–water partition coefficient (Wildman–Crippen LogP) is 2.28. The van der Waals surface area contributed by atoms with E-state index in [1.807, 2.05) is 6.92 Å². The summed E-state index contributed by atoms with van der Waals surface area (Å²) in [6.45, 7) is 3.48. The molecule has 2 saturated heterocycles.